The molecule has 4 rings (SSSR count). The van der Waals surface area contributed by atoms with Crippen molar-refractivity contribution in [3.05, 3.63) is 124 Å². The number of hydrogen-bond donors (Lipinski definition) is 0. The van der Waals surface area contributed by atoms with Gasteiger partial charge in [0.1, 0.15) is 11.5 Å². The van der Waals surface area contributed by atoms with E-state index in [0.29, 0.717) is 40.2 Å². The molecular weight excluding hydrogens is 443 g/mol. The predicted molar refractivity (Wildman–Crippen MR) is 127 cm³/mol. The molecule has 0 radical (unpaired) electrons. The summed E-state index contributed by atoms with van der Waals surface area (Å²) >= 11 is 12.3. The first kappa shape index (κ1) is 21.9. The molecule has 0 aliphatic heterocycles. The first-order chi connectivity index (χ1) is 15.6. The number of para-hydroxylation sites is 1. The molecule has 0 aliphatic rings. The van der Waals surface area contributed by atoms with Gasteiger partial charge in [0.2, 0.25) is 0 Å². The number of amides is 1. The molecule has 6 heteroatoms. The fraction of sp³-hybridized carbons (Fsp3) is 0.0769. The van der Waals surface area contributed by atoms with Gasteiger partial charge in [-0.15, -0.1) is 0 Å². The van der Waals surface area contributed by atoms with Crippen LogP contribution in [0, 0.1) is 0 Å². The first-order valence-corrected chi connectivity index (χ1v) is 10.8. The number of nitrogens with zero attached hydrogens (tertiary/aromatic N) is 2. The van der Waals surface area contributed by atoms with Gasteiger partial charge in [0.05, 0.1) is 0 Å². The van der Waals surface area contributed by atoms with Gasteiger partial charge in [-0.2, -0.15) is 0 Å². The monoisotopic (exact) mass is 462 g/mol. The van der Waals surface area contributed by atoms with Crippen LogP contribution in [0.4, 0.5) is 0 Å². The summed E-state index contributed by atoms with van der Waals surface area (Å²) in [6.07, 6.45) is 3.46. The van der Waals surface area contributed by atoms with E-state index in [1.54, 1.807) is 35.5 Å². The Kier molecular flexibility index (Phi) is 7.05. The summed E-state index contributed by atoms with van der Waals surface area (Å²) in [5.74, 6) is 1.16. The van der Waals surface area contributed by atoms with Crippen LogP contribution in [0.2, 0.25) is 10.0 Å². The van der Waals surface area contributed by atoms with Crippen molar-refractivity contribution in [1.29, 1.82) is 0 Å². The molecule has 0 bridgehead atoms. The molecule has 3 aromatic carbocycles. The molecule has 0 saturated heterocycles. The van der Waals surface area contributed by atoms with Gasteiger partial charge in [-0.25, -0.2) is 0 Å². The Morgan fingerprint density at radius 1 is 0.781 bits per heavy atom. The molecule has 0 fully saturated rings. The second kappa shape index (κ2) is 10.3. The summed E-state index contributed by atoms with van der Waals surface area (Å²) in [4.78, 5) is 19.4. The predicted octanol–water partition coefficient (Wildman–Crippen LogP) is 7.02. The summed E-state index contributed by atoms with van der Waals surface area (Å²) in [5.41, 5.74) is 2.29. The number of carbonyl (C=O) groups is 1. The van der Waals surface area contributed by atoms with Crippen molar-refractivity contribution < 1.29 is 9.53 Å². The number of carbonyl (C=O) groups excluding carboxylic acids is 1. The third-order valence-electron chi connectivity index (χ3n) is 4.74. The zero-order valence-corrected chi connectivity index (χ0v) is 18.6. The zero-order chi connectivity index (χ0) is 22.3. The summed E-state index contributed by atoms with van der Waals surface area (Å²) in [7, 11) is 0. The van der Waals surface area contributed by atoms with Gasteiger partial charge in [0, 0.05) is 41.1 Å². The van der Waals surface area contributed by atoms with Crippen molar-refractivity contribution in [2.24, 2.45) is 0 Å². The Labute approximate surface area is 197 Å². The SMILES string of the molecule is O=C(c1cccc(Oc2ccccc2)c1)N(Cc1cccnc1)Cc1cc(Cl)cc(Cl)c1. The minimum Gasteiger partial charge on any atom is -0.457 e. The third-order valence-corrected chi connectivity index (χ3v) is 5.18. The summed E-state index contributed by atoms with van der Waals surface area (Å²) in [6.45, 7) is 0.734. The van der Waals surface area contributed by atoms with E-state index in [0.717, 1.165) is 11.1 Å². The van der Waals surface area contributed by atoms with Crippen LogP contribution in [0.25, 0.3) is 0 Å². The number of ether oxygens (including phenoxy) is 1. The Bertz CT molecular complexity index is 1180. The molecule has 0 N–H and O–H groups in total. The molecule has 4 aromatic rings. The maximum absolute atomic E-state index is 13.5. The number of benzene rings is 3. The van der Waals surface area contributed by atoms with Gasteiger partial charge in [-0.1, -0.05) is 53.5 Å². The van der Waals surface area contributed by atoms with Crippen LogP contribution in [0.15, 0.2) is 97.3 Å². The van der Waals surface area contributed by atoms with Crippen LogP contribution < -0.4 is 4.74 Å². The lowest BCUT2D eigenvalue weighted by Gasteiger charge is -2.23. The average molecular weight is 463 g/mol. The van der Waals surface area contributed by atoms with Crippen LogP contribution in [0.1, 0.15) is 21.5 Å². The summed E-state index contributed by atoms with van der Waals surface area (Å²) < 4.78 is 5.90. The van der Waals surface area contributed by atoms with Gasteiger partial charge < -0.3 is 9.64 Å². The van der Waals surface area contributed by atoms with E-state index in [4.69, 9.17) is 27.9 Å². The maximum Gasteiger partial charge on any atom is 0.254 e. The topological polar surface area (TPSA) is 42.4 Å². The van der Waals surface area contributed by atoms with Crippen molar-refractivity contribution in [1.82, 2.24) is 9.88 Å². The van der Waals surface area contributed by atoms with Gasteiger partial charge in [-0.05, 0) is 65.7 Å². The van der Waals surface area contributed by atoms with Crippen LogP contribution >= 0.6 is 23.2 Å². The smallest absolute Gasteiger partial charge is 0.254 e. The number of rotatable bonds is 7. The van der Waals surface area contributed by atoms with Crippen LogP contribution in [0.3, 0.4) is 0 Å². The Morgan fingerprint density at radius 3 is 2.22 bits per heavy atom. The highest BCUT2D eigenvalue weighted by Gasteiger charge is 2.18. The van der Waals surface area contributed by atoms with Crippen molar-refractivity contribution in [3.63, 3.8) is 0 Å². The Morgan fingerprint density at radius 2 is 1.50 bits per heavy atom. The number of aromatic nitrogens is 1. The van der Waals surface area contributed by atoms with Crippen molar-refractivity contribution in [2.45, 2.75) is 13.1 Å². The molecule has 0 aliphatic carbocycles. The highest BCUT2D eigenvalue weighted by molar-refractivity contribution is 6.34. The molecule has 1 heterocycles. The van der Waals surface area contributed by atoms with E-state index < -0.39 is 0 Å². The largest absolute Gasteiger partial charge is 0.457 e. The van der Waals surface area contributed by atoms with Gasteiger partial charge >= 0.3 is 0 Å². The number of halogens is 2. The van der Waals surface area contributed by atoms with E-state index in [2.05, 4.69) is 4.98 Å². The Hall–Kier alpha value is -3.34. The van der Waals surface area contributed by atoms with E-state index in [-0.39, 0.29) is 5.91 Å². The zero-order valence-electron chi connectivity index (χ0n) is 17.1. The molecular formula is C26H20Cl2N2O2. The van der Waals surface area contributed by atoms with Crippen molar-refractivity contribution >= 4 is 29.1 Å². The minimum atomic E-state index is -0.136. The lowest BCUT2D eigenvalue weighted by Crippen LogP contribution is -2.30. The van der Waals surface area contributed by atoms with Gasteiger partial charge in [-0.3, -0.25) is 9.78 Å². The van der Waals surface area contributed by atoms with Gasteiger partial charge in [0.15, 0.2) is 0 Å². The Balaban J connectivity index is 1.61. The highest BCUT2D eigenvalue weighted by Crippen LogP contribution is 2.25. The van der Waals surface area contributed by atoms with Crippen molar-refractivity contribution in [2.75, 3.05) is 0 Å². The van der Waals surface area contributed by atoms with Crippen molar-refractivity contribution in [3.8, 4) is 11.5 Å². The quantitative estimate of drug-likeness (QED) is 0.296. The number of pyridine rings is 1. The van der Waals surface area contributed by atoms with Crippen LogP contribution in [-0.4, -0.2) is 15.8 Å². The third kappa shape index (κ3) is 5.88. The molecule has 0 unspecified atom stereocenters. The standard InChI is InChI=1S/C26H20Cl2N2O2/c27-22-12-20(13-23(28)15-22)18-30(17-19-6-5-11-29-16-19)26(31)21-7-4-10-25(14-21)32-24-8-2-1-3-9-24/h1-16H,17-18H2. The molecule has 32 heavy (non-hydrogen) atoms. The summed E-state index contributed by atoms with van der Waals surface area (Å²) in [5, 5.41) is 1.05. The molecule has 0 atom stereocenters. The molecule has 0 saturated carbocycles. The van der Waals surface area contributed by atoms with E-state index in [1.165, 1.54) is 0 Å². The maximum atomic E-state index is 13.5. The lowest BCUT2D eigenvalue weighted by atomic mass is 10.1. The second-order valence-corrected chi connectivity index (χ2v) is 8.12. The van der Waals surface area contributed by atoms with E-state index >= 15 is 0 Å². The average Bonchev–Trinajstić information content (AvgIpc) is 2.79. The second-order valence-electron chi connectivity index (χ2n) is 7.24. The van der Waals surface area contributed by atoms with Crippen LogP contribution in [-0.2, 0) is 13.1 Å². The highest BCUT2D eigenvalue weighted by atomic mass is 35.5. The minimum absolute atomic E-state index is 0.136. The van der Waals surface area contributed by atoms with Gasteiger partial charge in [0.25, 0.3) is 5.91 Å². The first-order valence-electron chi connectivity index (χ1n) is 10.0. The van der Waals surface area contributed by atoms with E-state index in [9.17, 15) is 4.79 Å². The molecule has 1 amide bonds. The molecule has 0 spiro atoms. The molecule has 160 valence electrons. The molecule has 4 nitrogen and oxygen atoms in total. The normalized spacial score (nSPS) is 10.6. The molecule has 1 aromatic heterocycles. The number of hydrogen-bond acceptors (Lipinski definition) is 3. The van der Waals surface area contributed by atoms with Crippen LogP contribution in [0.5, 0.6) is 11.5 Å². The fourth-order valence-electron chi connectivity index (χ4n) is 3.33. The lowest BCUT2D eigenvalue weighted by molar-refractivity contribution is 0.0729. The summed E-state index contributed by atoms with van der Waals surface area (Å²) in [6, 6.07) is 25.7. The van der Waals surface area contributed by atoms with E-state index in [1.807, 2.05) is 66.7 Å². The fourth-order valence-corrected chi connectivity index (χ4v) is 3.91.